The molecule has 7 heteroatoms. The Balaban J connectivity index is 3.13. The summed E-state index contributed by atoms with van der Waals surface area (Å²) in [5, 5.41) is 24.3. The van der Waals surface area contributed by atoms with E-state index in [4.69, 9.17) is 0 Å². The Hall–Kier alpha value is -1.86. The summed E-state index contributed by atoms with van der Waals surface area (Å²) < 4.78 is 0. The van der Waals surface area contributed by atoms with Crippen molar-refractivity contribution in [2.24, 2.45) is 10.8 Å². The molecule has 4 N–H and O–H groups in total. The molecule has 2 amide bonds. The predicted molar refractivity (Wildman–Crippen MR) is 92.4 cm³/mol. The zero-order valence-electron chi connectivity index (χ0n) is 14.5. The summed E-state index contributed by atoms with van der Waals surface area (Å²) in [6.45, 7) is 10.6. The summed E-state index contributed by atoms with van der Waals surface area (Å²) in [5.41, 5.74) is -0.312. The van der Waals surface area contributed by atoms with Crippen molar-refractivity contribution in [1.82, 2.24) is 0 Å². The zero-order chi connectivity index (χ0) is 18.0. The molecule has 1 rings (SSSR count). The normalized spacial score (nSPS) is 11.8. The topological polar surface area (TPSA) is 98.7 Å². The van der Waals surface area contributed by atoms with E-state index in [0.29, 0.717) is 5.69 Å². The van der Waals surface area contributed by atoms with Crippen LogP contribution in [0.3, 0.4) is 0 Å². The quantitative estimate of drug-likeness (QED) is 0.632. The molecule has 126 valence electrons. The standard InChI is InChI=1S/C16H25BN2O4/c1-15(2,3)13(20)18-10-7-8-11(17(22)23)12(9-10)19-14(21)16(4,5)6/h7-9,22-23H,1-6H3,(H,18,20)(H,19,21). The SMILES string of the molecule is CC(C)(C)C(=O)Nc1ccc(B(O)O)c(NC(=O)C(C)(C)C)c1. The molecular weight excluding hydrogens is 295 g/mol. The second-order valence-corrected chi connectivity index (χ2v) is 7.58. The molecule has 0 radical (unpaired) electrons. The summed E-state index contributed by atoms with van der Waals surface area (Å²) in [4.78, 5) is 24.2. The van der Waals surface area contributed by atoms with Crippen LogP contribution in [0.4, 0.5) is 11.4 Å². The Morgan fingerprint density at radius 2 is 1.39 bits per heavy atom. The minimum Gasteiger partial charge on any atom is -0.423 e. The van der Waals surface area contributed by atoms with Gasteiger partial charge in [0.2, 0.25) is 11.8 Å². The first kappa shape index (κ1) is 19.2. The van der Waals surface area contributed by atoms with Gasteiger partial charge in [-0.05, 0) is 12.1 Å². The molecule has 0 fully saturated rings. The molecule has 0 unspecified atom stereocenters. The van der Waals surface area contributed by atoms with E-state index >= 15 is 0 Å². The number of amides is 2. The van der Waals surface area contributed by atoms with Gasteiger partial charge in [-0.2, -0.15) is 0 Å². The van der Waals surface area contributed by atoms with E-state index in [2.05, 4.69) is 10.6 Å². The van der Waals surface area contributed by atoms with Gasteiger partial charge in [-0.3, -0.25) is 9.59 Å². The second kappa shape index (κ2) is 6.72. The molecule has 0 saturated heterocycles. The number of carbonyl (C=O) groups is 2. The zero-order valence-corrected chi connectivity index (χ0v) is 14.5. The smallest absolute Gasteiger partial charge is 0.423 e. The first-order valence-corrected chi connectivity index (χ1v) is 7.45. The van der Waals surface area contributed by atoms with Crippen LogP contribution >= 0.6 is 0 Å². The van der Waals surface area contributed by atoms with Crippen molar-refractivity contribution in [2.75, 3.05) is 10.6 Å². The fourth-order valence-electron chi connectivity index (χ4n) is 1.60. The first-order valence-electron chi connectivity index (χ1n) is 7.45. The van der Waals surface area contributed by atoms with Gasteiger partial charge in [-0.25, -0.2) is 0 Å². The number of carbonyl (C=O) groups excluding carboxylic acids is 2. The van der Waals surface area contributed by atoms with Crippen LogP contribution in [0.15, 0.2) is 18.2 Å². The molecule has 0 saturated carbocycles. The van der Waals surface area contributed by atoms with E-state index in [0.717, 1.165) is 0 Å². The summed E-state index contributed by atoms with van der Waals surface area (Å²) >= 11 is 0. The highest BCUT2D eigenvalue weighted by molar-refractivity contribution is 6.60. The van der Waals surface area contributed by atoms with Gasteiger partial charge >= 0.3 is 7.12 Å². The molecule has 0 bridgehead atoms. The third kappa shape index (κ3) is 5.37. The van der Waals surface area contributed by atoms with Crippen molar-refractivity contribution in [2.45, 2.75) is 41.5 Å². The van der Waals surface area contributed by atoms with Crippen molar-refractivity contribution in [1.29, 1.82) is 0 Å². The maximum atomic E-state index is 12.1. The Kier molecular flexibility index (Phi) is 5.61. The molecule has 0 atom stereocenters. The number of nitrogens with one attached hydrogen (secondary N) is 2. The monoisotopic (exact) mass is 320 g/mol. The lowest BCUT2D eigenvalue weighted by molar-refractivity contribution is -0.123. The van der Waals surface area contributed by atoms with Crippen LogP contribution in [0, 0.1) is 10.8 Å². The average Bonchev–Trinajstić information content (AvgIpc) is 2.36. The molecule has 0 aliphatic rings. The molecule has 1 aromatic rings. The van der Waals surface area contributed by atoms with Crippen molar-refractivity contribution >= 4 is 35.8 Å². The number of hydrogen-bond donors (Lipinski definition) is 4. The minimum absolute atomic E-state index is 0.163. The third-order valence-corrected chi connectivity index (χ3v) is 3.20. The third-order valence-electron chi connectivity index (χ3n) is 3.20. The summed E-state index contributed by atoms with van der Waals surface area (Å²) in [6, 6.07) is 4.54. The van der Waals surface area contributed by atoms with Gasteiger partial charge in [-0.1, -0.05) is 47.6 Å². The van der Waals surface area contributed by atoms with Crippen molar-refractivity contribution in [3.8, 4) is 0 Å². The highest BCUT2D eigenvalue weighted by atomic mass is 16.4. The highest BCUT2D eigenvalue weighted by Gasteiger charge is 2.25. The largest absolute Gasteiger partial charge is 0.490 e. The second-order valence-electron chi connectivity index (χ2n) is 7.58. The van der Waals surface area contributed by atoms with Gasteiger partial charge in [0.1, 0.15) is 0 Å². The van der Waals surface area contributed by atoms with Crippen LogP contribution in [-0.2, 0) is 9.59 Å². The summed E-state index contributed by atoms with van der Waals surface area (Å²) in [6.07, 6.45) is 0. The average molecular weight is 320 g/mol. The maximum absolute atomic E-state index is 12.1. The Bertz CT molecular complexity index is 601. The van der Waals surface area contributed by atoms with Crippen molar-refractivity contribution in [3.63, 3.8) is 0 Å². The van der Waals surface area contributed by atoms with Crippen LogP contribution < -0.4 is 16.1 Å². The van der Waals surface area contributed by atoms with Crippen LogP contribution in [0.5, 0.6) is 0 Å². The number of anilines is 2. The van der Waals surface area contributed by atoms with E-state index in [1.165, 1.54) is 12.1 Å². The van der Waals surface area contributed by atoms with Gasteiger partial charge in [0.25, 0.3) is 0 Å². The molecule has 0 aliphatic heterocycles. The van der Waals surface area contributed by atoms with Gasteiger partial charge in [0.05, 0.1) is 0 Å². The molecule has 0 heterocycles. The van der Waals surface area contributed by atoms with Crippen LogP contribution in [-0.4, -0.2) is 29.0 Å². The number of hydrogen-bond acceptors (Lipinski definition) is 4. The highest BCUT2D eigenvalue weighted by Crippen LogP contribution is 2.21. The molecule has 0 spiro atoms. The van der Waals surface area contributed by atoms with Crippen molar-refractivity contribution in [3.05, 3.63) is 18.2 Å². The van der Waals surface area contributed by atoms with E-state index in [9.17, 15) is 19.6 Å². The maximum Gasteiger partial charge on any atom is 0.490 e. The summed E-state index contributed by atoms with van der Waals surface area (Å²) in [7, 11) is -1.72. The minimum atomic E-state index is -1.72. The molecule has 23 heavy (non-hydrogen) atoms. The Morgan fingerprint density at radius 3 is 1.83 bits per heavy atom. The number of rotatable bonds is 3. The lowest BCUT2D eigenvalue weighted by atomic mass is 9.78. The van der Waals surface area contributed by atoms with Crippen LogP contribution in [0.25, 0.3) is 0 Å². The van der Waals surface area contributed by atoms with Gasteiger partial charge in [0, 0.05) is 27.7 Å². The van der Waals surface area contributed by atoms with Gasteiger partial charge in [-0.15, -0.1) is 0 Å². The van der Waals surface area contributed by atoms with E-state index in [-0.39, 0.29) is 23.0 Å². The van der Waals surface area contributed by atoms with Gasteiger partial charge < -0.3 is 20.7 Å². The molecule has 0 aliphatic carbocycles. The fraction of sp³-hybridized carbons (Fsp3) is 0.500. The summed E-state index contributed by atoms with van der Waals surface area (Å²) in [5.74, 6) is -0.443. The van der Waals surface area contributed by atoms with E-state index < -0.39 is 17.9 Å². The lowest BCUT2D eigenvalue weighted by Crippen LogP contribution is -2.36. The molecule has 6 nitrogen and oxygen atoms in total. The van der Waals surface area contributed by atoms with Gasteiger partial charge in [0.15, 0.2) is 0 Å². The van der Waals surface area contributed by atoms with E-state index in [1.54, 1.807) is 47.6 Å². The van der Waals surface area contributed by atoms with Crippen LogP contribution in [0.1, 0.15) is 41.5 Å². The molecular formula is C16H25BN2O4. The van der Waals surface area contributed by atoms with Crippen LogP contribution in [0.2, 0.25) is 0 Å². The Morgan fingerprint density at radius 1 is 0.913 bits per heavy atom. The van der Waals surface area contributed by atoms with Crippen molar-refractivity contribution < 1.29 is 19.6 Å². The Labute approximate surface area is 137 Å². The fourth-order valence-corrected chi connectivity index (χ4v) is 1.60. The number of benzene rings is 1. The van der Waals surface area contributed by atoms with E-state index in [1.807, 2.05) is 0 Å². The first-order chi connectivity index (χ1) is 10.3. The predicted octanol–water partition coefficient (Wildman–Crippen LogP) is 1.34. The molecule has 0 aromatic heterocycles. The lowest BCUT2D eigenvalue weighted by Gasteiger charge is -2.21. The molecule has 1 aromatic carbocycles.